The summed E-state index contributed by atoms with van der Waals surface area (Å²) in [7, 11) is 0. The van der Waals surface area contributed by atoms with E-state index in [4.69, 9.17) is 0 Å². The van der Waals surface area contributed by atoms with Crippen molar-refractivity contribution in [3.05, 3.63) is 146 Å². The van der Waals surface area contributed by atoms with Crippen LogP contribution in [0.2, 0.25) is 0 Å². The van der Waals surface area contributed by atoms with Crippen LogP contribution >= 0.6 is 0 Å². The molecule has 0 bridgehead atoms. The Bertz CT molecular complexity index is 2410. The van der Waals surface area contributed by atoms with Crippen molar-refractivity contribution < 1.29 is 0 Å². The van der Waals surface area contributed by atoms with E-state index in [-0.39, 0.29) is 0 Å². The van der Waals surface area contributed by atoms with Crippen molar-refractivity contribution in [1.29, 1.82) is 0 Å². The summed E-state index contributed by atoms with van der Waals surface area (Å²) in [6, 6.07) is 50.6. The van der Waals surface area contributed by atoms with Crippen LogP contribution in [0.3, 0.4) is 0 Å². The molecule has 0 aliphatic carbocycles. The van der Waals surface area contributed by atoms with Crippen LogP contribution in [-0.4, -0.2) is 9.13 Å². The van der Waals surface area contributed by atoms with E-state index in [2.05, 4.69) is 155 Å². The highest BCUT2D eigenvalue weighted by molar-refractivity contribution is 6.40. The predicted octanol–water partition coefficient (Wildman–Crippen LogP) is 10.2. The van der Waals surface area contributed by atoms with Crippen LogP contribution < -0.4 is 0 Å². The molecule has 0 unspecified atom stereocenters. The molecule has 7 aromatic carbocycles. The van der Waals surface area contributed by atoms with Crippen LogP contribution in [0.5, 0.6) is 0 Å². The van der Waals surface area contributed by atoms with Gasteiger partial charge in [-0.3, -0.25) is 0 Å². The lowest BCUT2D eigenvalue weighted by atomic mass is 9.94. The molecule has 0 N–H and O–H groups in total. The quantitative estimate of drug-likeness (QED) is 0.206. The number of benzene rings is 7. The average Bonchev–Trinajstić information content (AvgIpc) is 3.63. The maximum Gasteiger partial charge on any atom is 0.0795 e. The molecule has 0 radical (unpaired) electrons. The van der Waals surface area contributed by atoms with Gasteiger partial charge >= 0.3 is 0 Å². The van der Waals surface area contributed by atoms with Crippen LogP contribution in [0.4, 0.5) is 0 Å². The smallest absolute Gasteiger partial charge is 0.0795 e. The first kappa shape index (κ1) is 21.6. The van der Waals surface area contributed by atoms with Crippen LogP contribution in [-0.2, 0) is 0 Å². The molecule has 0 saturated heterocycles. The third kappa shape index (κ3) is 2.77. The minimum atomic E-state index is 1.16. The molecule has 0 atom stereocenters. The van der Waals surface area contributed by atoms with E-state index in [1.165, 1.54) is 70.7 Å². The van der Waals surface area contributed by atoms with Gasteiger partial charge in [0.05, 0.1) is 16.6 Å². The molecule has 40 heavy (non-hydrogen) atoms. The highest BCUT2D eigenvalue weighted by Crippen LogP contribution is 2.47. The van der Waals surface area contributed by atoms with Gasteiger partial charge in [0.25, 0.3) is 0 Å². The molecular weight excluding hydrogens is 484 g/mol. The number of fused-ring (bicyclic) bond motifs is 13. The molecule has 0 aliphatic rings. The molecular formula is C38H24N2. The summed E-state index contributed by atoms with van der Waals surface area (Å²) in [5.41, 5.74) is 6.06. The fourth-order valence-electron chi connectivity index (χ4n) is 6.90. The molecule has 9 aromatic rings. The zero-order chi connectivity index (χ0) is 26.2. The SMILES string of the molecule is c1ccc(-n2ccc3c4ccccc4c4c5c6ccccc6c6ccccc6c5n(-c5ccccc5)c4c32)cc1. The van der Waals surface area contributed by atoms with Crippen molar-refractivity contribution in [2.45, 2.75) is 0 Å². The zero-order valence-corrected chi connectivity index (χ0v) is 21.8. The zero-order valence-electron chi connectivity index (χ0n) is 21.8. The van der Waals surface area contributed by atoms with E-state index in [9.17, 15) is 0 Å². The molecule has 0 spiro atoms. The maximum absolute atomic E-state index is 2.52. The van der Waals surface area contributed by atoms with Gasteiger partial charge in [0.2, 0.25) is 0 Å². The summed E-state index contributed by atoms with van der Waals surface area (Å²) in [6.07, 6.45) is 2.23. The van der Waals surface area contributed by atoms with Crippen molar-refractivity contribution in [2.75, 3.05) is 0 Å². The lowest BCUT2D eigenvalue weighted by Crippen LogP contribution is -1.98. The van der Waals surface area contributed by atoms with Crippen molar-refractivity contribution in [2.24, 2.45) is 0 Å². The van der Waals surface area contributed by atoms with Gasteiger partial charge < -0.3 is 9.13 Å². The highest BCUT2D eigenvalue weighted by atomic mass is 15.0. The number of nitrogens with zero attached hydrogens (tertiary/aromatic N) is 2. The van der Waals surface area contributed by atoms with Crippen molar-refractivity contribution in [1.82, 2.24) is 9.13 Å². The lowest BCUT2D eigenvalue weighted by molar-refractivity contribution is 1.12. The predicted molar refractivity (Wildman–Crippen MR) is 170 cm³/mol. The number of hydrogen-bond acceptors (Lipinski definition) is 0. The number of rotatable bonds is 2. The summed E-state index contributed by atoms with van der Waals surface area (Å²) < 4.78 is 4.89. The first-order chi connectivity index (χ1) is 19.9. The normalized spacial score (nSPS) is 12.0. The summed E-state index contributed by atoms with van der Waals surface area (Å²) in [5, 5.41) is 11.6. The van der Waals surface area contributed by atoms with Gasteiger partial charge in [0.15, 0.2) is 0 Å². The van der Waals surface area contributed by atoms with Crippen LogP contribution in [0.15, 0.2) is 146 Å². The van der Waals surface area contributed by atoms with E-state index >= 15 is 0 Å². The van der Waals surface area contributed by atoms with Gasteiger partial charge in [-0.05, 0) is 57.3 Å². The molecule has 0 aliphatic heterocycles. The van der Waals surface area contributed by atoms with Crippen molar-refractivity contribution in [3.63, 3.8) is 0 Å². The van der Waals surface area contributed by atoms with E-state index in [1.54, 1.807) is 0 Å². The molecule has 186 valence electrons. The number of hydrogen-bond donors (Lipinski definition) is 0. The minimum Gasteiger partial charge on any atom is -0.315 e. The van der Waals surface area contributed by atoms with E-state index in [1.807, 2.05) is 0 Å². The standard InChI is InChI=1S/C38H24N2/c1-3-13-25(14-4-1)39-24-23-33-29-19-8-11-21-31(29)35-34-30-20-10-7-17-27(30)28-18-9-12-22-32(28)36(34)40(38(35)37(33)39)26-15-5-2-6-16-26/h1-24H. The Morgan fingerprint density at radius 2 is 0.725 bits per heavy atom. The third-order valence-corrected chi connectivity index (χ3v) is 8.49. The molecule has 2 heteroatoms. The van der Waals surface area contributed by atoms with Crippen molar-refractivity contribution in [3.8, 4) is 11.4 Å². The second kappa shape index (κ2) is 8.08. The van der Waals surface area contributed by atoms with Gasteiger partial charge in [-0.1, -0.05) is 109 Å². The number of aromatic nitrogens is 2. The summed E-state index contributed by atoms with van der Waals surface area (Å²) in [5.74, 6) is 0. The molecule has 2 aromatic heterocycles. The van der Waals surface area contributed by atoms with Gasteiger partial charge in [0, 0.05) is 39.1 Å². The Morgan fingerprint density at radius 1 is 0.300 bits per heavy atom. The molecule has 2 nitrogen and oxygen atoms in total. The molecule has 0 amide bonds. The van der Waals surface area contributed by atoms with Crippen molar-refractivity contribution >= 4 is 65.0 Å². The van der Waals surface area contributed by atoms with E-state index in [0.29, 0.717) is 0 Å². The van der Waals surface area contributed by atoms with E-state index in [0.717, 1.165) is 5.69 Å². The molecule has 2 heterocycles. The second-order valence-electron chi connectivity index (χ2n) is 10.5. The van der Waals surface area contributed by atoms with Gasteiger partial charge in [-0.25, -0.2) is 0 Å². The lowest BCUT2D eigenvalue weighted by Gasteiger charge is -2.14. The molecule has 0 fully saturated rings. The largest absolute Gasteiger partial charge is 0.315 e. The second-order valence-corrected chi connectivity index (χ2v) is 10.5. The van der Waals surface area contributed by atoms with Gasteiger partial charge in [-0.2, -0.15) is 0 Å². The number of para-hydroxylation sites is 2. The topological polar surface area (TPSA) is 9.86 Å². The maximum atomic E-state index is 2.52. The summed E-state index contributed by atoms with van der Waals surface area (Å²) in [6.45, 7) is 0. The fourth-order valence-corrected chi connectivity index (χ4v) is 6.90. The summed E-state index contributed by atoms with van der Waals surface area (Å²) >= 11 is 0. The van der Waals surface area contributed by atoms with Crippen LogP contribution in [0, 0.1) is 0 Å². The first-order valence-corrected chi connectivity index (χ1v) is 13.8. The Morgan fingerprint density at radius 3 is 1.35 bits per heavy atom. The van der Waals surface area contributed by atoms with E-state index < -0.39 is 0 Å². The Balaban J connectivity index is 1.70. The Labute approximate surface area is 230 Å². The Hall–Kier alpha value is -5.34. The third-order valence-electron chi connectivity index (χ3n) is 8.49. The molecule has 9 rings (SSSR count). The average molecular weight is 509 g/mol. The highest BCUT2D eigenvalue weighted by Gasteiger charge is 2.24. The van der Waals surface area contributed by atoms with Gasteiger partial charge in [-0.15, -0.1) is 0 Å². The van der Waals surface area contributed by atoms with Crippen LogP contribution in [0.1, 0.15) is 0 Å². The molecule has 0 saturated carbocycles. The Kier molecular flexibility index (Phi) is 4.36. The minimum absolute atomic E-state index is 1.16. The monoisotopic (exact) mass is 508 g/mol. The fraction of sp³-hybridized carbons (Fsp3) is 0. The van der Waals surface area contributed by atoms with Crippen LogP contribution in [0.25, 0.3) is 76.4 Å². The van der Waals surface area contributed by atoms with Gasteiger partial charge in [0.1, 0.15) is 0 Å². The first-order valence-electron chi connectivity index (χ1n) is 13.8. The summed E-state index contributed by atoms with van der Waals surface area (Å²) in [4.78, 5) is 0.